The van der Waals surface area contributed by atoms with Gasteiger partial charge >= 0.3 is 0 Å². The minimum Gasteiger partial charge on any atom is -0.398 e. The first-order chi connectivity index (χ1) is 11.6. The molecule has 0 aliphatic heterocycles. The number of aromatic nitrogens is 2. The highest BCUT2D eigenvalue weighted by Gasteiger charge is 2.06. The summed E-state index contributed by atoms with van der Waals surface area (Å²) in [5.74, 6) is 0. The van der Waals surface area contributed by atoms with Gasteiger partial charge < -0.3 is 10.1 Å². The van der Waals surface area contributed by atoms with Crippen molar-refractivity contribution < 1.29 is 0 Å². The van der Waals surface area contributed by atoms with Gasteiger partial charge in [0.15, 0.2) is 0 Å². The molecule has 3 nitrogen and oxygen atoms in total. The molecule has 4 aromatic rings. The van der Waals surface area contributed by atoms with E-state index in [9.17, 15) is 0 Å². The van der Waals surface area contributed by atoms with Crippen LogP contribution in [0.4, 0.5) is 5.69 Å². The number of nitrogen functional groups attached to an aromatic ring is 1. The number of hydrogen-bond donors (Lipinski definition) is 1. The van der Waals surface area contributed by atoms with Gasteiger partial charge in [-0.05, 0) is 48.2 Å². The van der Waals surface area contributed by atoms with Gasteiger partial charge in [-0.1, -0.05) is 42.5 Å². The lowest BCUT2D eigenvalue weighted by atomic mass is 9.99. The molecule has 2 heterocycles. The van der Waals surface area contributed by atoms with Gasteiger partial charge in [0.1, 0.15) is 5.65 Å². The molecule has 0 radical (unpaired) electrons. The van der Waals surface area contributed by atoms with E-state index in [0.717, 1.165) is 22.6 Å². The number of nitrogens with zero attached hydrogens (tertiary/aromatic N) is 2. The fraction of sp³-hybridized carbons (Fsp3) is 0.0952. The summed E-state index contributed by atoms with van der Waals surface area (Å²) in [6.45, 7) is 4.29. The molecular weight excluding hydrogens is 294 g/mol. The highest BCUT2D eigenvalue weighted by molar-refractivity contribution is 5.70. The van der Waals surface area contributed by atoms with Crippen molar-refractivity contribution in [2.24, 2.45) is 0 Å². The van der Waals surface area contributed by atoms with E-state index in [-0.39, 0.29) is 0 Å². The van der Waals surface area contributed by atoms with E-state index >= 15 is 0 Å². The Labute approximate surface area is 141 Å². The third kappa shape index (κ3) is 2.54. The van der Waals surface area contributed by atoms with Crippen LogP contribution in [0.5, 0.6) is 0 Å². The number of rotatable bonds is 2. The molecule has 3 heteroatoms. The van der Waals surface area contributed by atoms with Crippen LogP contribution in [0.25, 0.3) is 28.0 Å². The van der Waals surface area contributed by atoms with Gasteiger partial charge in [0.05, 0.1) is 5.69 Å². The highest BCUT2D eigenvalue weighted by atomic mass is 15.0. The molecule has 0 bridgehead atoms. The van der Waals surface area contributed by atoms with Gasteiger partial charge in [-0.3, -0.25) is 0 Å². The average molecular weight is 313 g/mol. The van der Waals surface area contributed by atoms with Crippen molar-refractivity contribution in [2.75, 3.05) is 5.73 Å². The van der Waals surface area contributed by atoms with Crippen LogP contribution >= 0.6 is 0 Å². The van der Waals surface area contributed by atoms with Crippen LogP contribution in [-0.4, -0.2) is 9.38 Å². The third-order valence-electron chi connectivity index (χ3n) is 4.49. The highest BCUT2D eigenvalue weighted by Crippen LogP contribution is 2.26. The number of pyridine rings is 1. The maximum atomic E-state index is 5.83. The third-order valence-corrected chi connectivity index (χ3v) is 4.49. The molecule has 24 heavy (non-hydrogen) atoms. The Morgan fingerprint density at radius 2 is 1.46 bits per heavy atom. The molecule has 2 N–H and O–H groups in total. The van der Waals surface area contributed by atoms with Gasteiger partial charge in [0, 0.05) is 23.6 Å². The monoisotopic (exact) mass is 313 g/mol. The fourth-order valence-electron chi connectivity index (χ4n) is 2.90. The molecule has 2 aromatic carbocycles. The Balaban J connectivity index is 1.70. The van der Waals surface area contributed by atoms with Crippen LogP contribution in [0.1, 0.15) is 11.1 Å². The van der Waals surface area contributed by atoms with Crippen molar-refractivity contribution in [1.82, 2.24) is 9.38 Å². The summed E-state index contributed by atoms with van der Waals surface area (Å²) in [4.78, 5) is 4.66. The molecule has 0 amide bonds. The number of imidazole rings is 1. The minimum atomic E-state index is 0.733. The molecule has 0 fully saturated rings. The van der Waals surface area contributed by atoms with Gasteiger partial charge in [-0.15, -0.1) is 0 Å². The summed E-state index contributed by atoms with van der Waals surface area (Å²) in [5, 5.41) is 0. The van der Waals surface area contributed by atoms with Crippen molar-refractivity contribution >= 4 is 11.3 Å². The van der Waals surface area contributed by atoms with E-state index < -0.39 is 0 Å². The molecule has 4 rings (SSSR count). The largest absolute Gasteiger partial charge is 0.398 e. The zero-order chi connectivity index (χ0) is 16.7. The van der Waals surface area contributed by atoms with Crippen LogP contribution in [0.15, 0.2) is 67.0 Å². The predicted molar refractivity (Wildman–Crippen MR) is 100.0 cm³/mol. The lowest BCUT2D eigenvalue weighted by Gasteiger charge is -2.06. The standard InChI is InChI=1S/C21H19N3/c1-14-3-4-18(11-15(14)2)16-5-7-17(8-6-16)20-13-24-12-19(22)9-10-21(24)23-20/h3-13H,22H2,1-2H3. The number of aryl methyl sites for hydroxylation is 2. The van der Waals surface area contributed by atoms with Gasteiger partial charge in [0.25, 0.3) is 0 Å². The van der Waals surface area contributed by atoms with Gasteiger partial charge in [-0.25, -0.2) is 4.98 Å². The van der Waals surface area contributed by atoms with Crippen LogP contribution in [-0.2, 0) is 0 Å². The molecule has 0 spiro atoms. The zero-order valence-corrected chi connectivity index (χ0v) is 13.8. The molecule has 0 atom stereocenters. The first-order valence-corrected chi connectivity index (χ1v) is 8.02. The Bertz CT molecular complexity index is 1030. The Morgan fingerprint density at radius 1 is 0.750 bits per heavy atom. The maximum absolute atomic E-state index is 5.83. The normalized spacial score (nSPS) is 11.1. The molecule has 0 saturated heterocycles. The van der Waals surface area contributed by atoms with E-state index in [1.54, 1.807) is 0 Å². The summed E-state index contributed by atoms with van der Waals surface area (Å²) in [6.07, 6.45) is 3.89. The molecule has 0 aliphatic rings. The van der Waals surface area contributed by atoms with Gasteiger partial charge in [0.2, 0.25) is 0 Å². The van der Waals surface area contributed by atoms with Crippen LogP contribution in [0.3, 0.4) is 0 Å². The lowest BCUT2D eigenvalue weighted by Crippen LogP contribution is -1.88. The maximum Gasteiger partial charge on any atom is 0.137 e. The second-order valence-corrected chi connectivity index (χ2v) is 6.23. The Hall–Kier alpha value is -3.07. The van der Waals surface area contributed by atoms with E-state index in [1.165, 1.54) is 22.3 Å². The van der Waals surface area contributed by atoms with E-state index in [0.29, 0.717) is 0 Å². The number of nitrogens with two attached hydrogens (primary N) is 1. The number of anilines is 1. The van der Waals surface area contributed by atoms with E-state index in [1.807, 2.05) is 28.9 Å². The molecular formula is C21H19N3. The molecule has 118 valence electrons. The van der Waals surface area contributed by atoms with E-state index in [2.05, 4.69) is 61.3 Å². The number of fused-ring (bicyclic) bond motifs is 1. The molecule has 0 aliphatic carbocycles. The summed E-state index contributed by atoms with van der Waals surface area (Å²) in [7, 11) is 0. The summed E-state index contributed by atoms with van der Waals surface area (Å²) in [6, 6.07) is 18.9. The second kappa shape index (κ2) is 5.53. The van der Waals surface area contributed by atoms with Crippen molar-refractivity contribution in [2.45, 2.75) is 13.8 Å². The first-order valence-electron chi connectivity index (χ1n) is 8.02. The topological polar surface area (TPSA) is 43.3 Å². The number of benzene rings is 2. The van der Waals surface area contributed by atoms with E-state index in [4.69, 9.17) is 5.73 Å². The first kappa shape index (κ1) is 14.5. The minimum absolute atomic E-state index is 0.733. The van der Waals surface area contributed by atoms with Crippen molar-refractivity contribution in [3.8, 4) is 22.4 Å². The predicted octanol–water partition coefficient (Wildman–Crippen LogP) is 4.87. The van der Waals surface area contributed by atoms with Crippen molar-refractivity contribution in [1.29, 1.82) is 0 Å². The SMILES string of the molecule is Cc1ccc(-c2ccc(-c3cn4cc(N)ccc4n3)cc2)cc1C. The fourth-order valence-corrected chi connectivity index (χ4v) is 2.90. The molecule has 0 unspecified atom stereocenters. The zero-order valence-electron chi connectivity index (χ0n) is 13.8. The van der Waals surface area contributed by atoms with Crippen molar-refractivity contribution in [3.05, 3.63) is 78.1 Å². The number of hydrogen-bond acceptors (Lipinski definition) is 2. The quantitative estimate of drug-likeness (QED) is 0.574. The second-order valence-electron chi connectivity index (χ2n) is 6.23. The lowest BCUT2D eigenvalue weighted by molar-refractivity contribution is 1.19. The average Bonchev–Trinajstić information content (AvgIpc) is 3.00. The summed E-state index contributed by atoms with van der Waals surface area (Å²) < 4.78 is 1.96. The van der Waals surface area contributed by atoms with Crippen LogP contribution in [0.2, 0.25) is 0 Å². The molecule has 2 aromatic heterocycles. The summed E-state index contributed by atoms with van der Waals surface area (Å²) >= 11 is 0. The van der Waals surface area contributed by atoms with Gasteiger partial charge in [-0.2, -0.15) is 0 Å². The molecule has 0 saturated carbocycles. The Morgan fingerprint density at radius 3 is 2.21 bits per heavy atom. The van der Waals surface area contributed by atoms with Crippen LogP contribution in [0, 0.1) is 13.8 Å². The summed E-state index contributed by atoms with van der Waals surface area (Å²) in [5.41, 5.74) is 14.6. The van der Waals surface area contributed by atoms with Crippen LogP contribution < -0.4 is 5.73 Å². The smallest absolute Gasteiger partial charge is 0.137 e. The van der Waals surface area contributed by atoms with Crippen molar-refractivity contribution in [3.63, 3.8) is 0 Å². The Kier molecular flexibility index (Phi) is 3.35.